The summed E-state index contributed by atoms with van der Waals surface area (Å²) in [6.45, 7) is 10.8. The van der Waals surface area contributed by atoms with Crippen molar-refractivity contribution < 1.29 is 4.79 Å². The number of likely N-dealkylation sites (tertiary alicyclic amines) is 1. The molecule has 0 saturated carbocycles. The number of carbonyl (C=O) groups is 1. The minimum Gasteiger partial charge on any atom is -0.391 e. The number of hydrogen-bond acceptors (Lipinski definition) is 4. The maximum atomic E-state index is 12.9. The highest BCUT2D eigenvalue weighted by Crippen LogP contribution is 2.20. The Morgan fingerprint density at radius 2 is 1.94 bits per heavy atom. The van der Waals surface area contributed by atoms with Gasteiger partial charge in [0.15, 0.2) is 0 Å². The predicted molar refractivity (Wildman–Crippen MR) is 143 cm³/mol. The SMILES string of the molecule is C=C(NCC1CCN(C(=O)C(C)Cc2ccccc2)CC1)C1=C/C=NCCCCCCN\C=C\1. The molecule has 34 heavy (non-hydrogen) atoms. The van der Waals surface area contributed by atoms with Crippen LogP contribution in [0.25, 0.3) is 0 Å². The van der Waals surface area contributed by atoms with Crippen molar-refractivity contribution in [2.45, 2.75) is 51.9 Å². The zero-order valence-electron chi connectivity index (χ0n) is 20.8. The number of carbonyl (C=O) groups excluding carboxylic acids is 1. The first-order valence-corrected chi connectivity index (χ1v) is 13.0. The van der Waals surface area contributed by atoms with Crippen LogP contribution in [0.4, 0.5) is 0 Å². The summed E-state index contributed by atoms with van der Waals surface area (Å²) in [5.74, 6) is 0.860. The molecule has 1 amide bonds. The zero-order chi connectivity index (χ0) is 24.0. The molecular weight excluding hydrogens is 420 g/mol. The summed E-state index contributed by atoms with van der Waals surface area (Å²) in [7, 11) is 0. The normalized spacial score (nSPS) is 21.6. The van der Waals surface area contributed by atoms with E-state index in [9.17, 15) is 4.79 Å². The van der Waals surface area contributed by atoms with Crippen molar-refractivity contribution in [2.75, 3.05) is 32.7 Å². The Hall–Kier alpha value is -2.82. The van der Waals surface area contributed by atoms with Crippen LogP contribution in [0.1, 0.15) is 51.0 Å². The van der Waals surface area contributed by atoms with Crippen LogP contribution in [-0.2, 0) is 11.2 Å². The lowest BCUT2D eigenvalue weighted by Gasteiger charge is -2.34. The monoisotopic (exact) mass is 462 g/mol. The van der Waals surface area contributed by atoms with Gasteiger partial charge in [0, 0.05) is 50.6 Å². The molecular formula is C29H42N4O. The molecule has 184 valence electrons. The highest BCUT2D eigenvalue weighted by Gasteiger charge is 2.26. The maximum Gasteiger partial charge on any atom is 0.225 e. The molecule has 1 fully saturated rings. The number of benzene rings is 1. The number of rotatable bonds is 7. The molecule has 5 nitrogen and oxygen atoms in total. The number of hydrogen-bond donors (Lipinski definition) is 2. The van der Waals surface area contributed by atoms with Crippen molar-refractivity contribution in [3.8, 4) is 0 Å². The van der Waals surface area contributed by atoms with Crippen molar-refractivity contribution in [1.82, 2.24) is 15.5 Å². The summed E-state index contributed by atoms with van der Waals surface area (Å²) < 4.78 is 0. The van der Waals surface area contributed by atoms with Gasteiger partial charge in [-0.2, -0.15) is 0 Å². The van der Waals surface area contributed by atoms with Gasteiger partial charge in [-0.05, 0) is 67.5 Å². The highest BCUT2D eigenvalue weighted by molar-refractivity contribution is 5.79. The molecule has 1 aromatic rings. The van der Waals surface area contributed by atoms with E-state index in [1.807, 2.05) is 36.7 Å². The van der Waals surface area contributed by atoms with E-state index in [4.69, 9.17) is 0 Å². The van der Waals surface area contributed by atoms with Crippen LogP contribution in [-0.4, -0.2) is 49.7 Å². The van der Waals surface area contributed by atoms with Gasteiger partial charge in [-0.1, -0.05) is 56.7 Å². The fourth-order valence-corrected chi connectivity index (χ4v) is 4.57. The number of nitrogens with one attached hydrogen (secondary N) is 2. The zero-order valence-corrected chi connectivity index (χ0v) is 20.8. The first kappa shape index (κ1) is 25.8. The van der Waals surface area contributed by atoms with Crippen LogP contribution < -0.4 is 10.6 Å². The van der Waals surface area contributed by atoms with Crippen LogP contribution in [0.15, 0.2) is 71.5 Å². The van der Waals surface area contributed by atoms with E-state index in [0.29, 0.717) is 5.92 Å². The molecule has 0 bridgehead atoms. The first-order chi connectivity index (χ1) is 16.6. The Bertz CT molecular complexity index is 850. The third-order valence-electron chi connectivity index (χ3n) is 6.78. The number of nitrogens with zero attached hydrogens (tertiary/aromatic N) is 2. The van der Waals surface area contributed by atoms with Gasteiger partial charge in [-0.3, -0.25) is 9.79 Å². The van der Waals surface area contributed by atoms with Gasteiger partial charge >= 0.3 is 0 Å². The first-order valence-electron chi connectivity index (χ1n) is 13.0. The average molecular weight is 463 g/mol. The number of allylic oxidation sites excluding steroid dienone is 2. The molecule has 1 saturated heterocycles. The summed E-state index contributed by atoms with van der Waals surface area (Å²) in [6, 6.07) is 10.3. The number of aliphatic imine (C=N–C) groups is 1. The van der Waals surface area contributed by atoms with Gasteiger partial charge in [0.05, 0.1) is 0 Å². The molecule has 1 aromatic carbocycles. The van der Waals surface area contributed by atoms with E-state index in [0.717, 1.165) is 69.7 Å². The Morgan fingerprint density at radius 3 is 2.74 bits per heavy atom. The largest absolute Gasteiger partial charge is 0.391 e. The topological polar surface area (TPSA) is 56.7 Å². The summed E-state index contributed by atoms with van der Waals surface area (Å²) in [4.78, 5) is 19.5. The van der Waals surface area contributed by atoms with Crippen LogP contribution >= 0.6 is 0 Å². The van der Waals surface area contributed by atoms with Crippen molar-refractivity contribution in [3.05, 3.63) is 72.1 Å². The second kappa shape index (κ2) is 14.4. The van der Waals surface area contributed by atoms with E-state index >= 15 is 0 Å². The van der Waals surface area contributed by atoms with Crippen molar-refractivity contribution in [1.29, 1.82) is 0 Å². The third kappa shape index (κ3) is 8.85. The Balaban J connectivity index is 1.43. The van der Waals surface area contributed by atoms with Crippen LogP contribution in [0.2, 0.25) is 0 Å². The predicted octanol–water partition coefficient (Wildman–Crippen LogP) is 4.88. The van der Waals surface area contributed by atoms with Gasteiger partial charge in [0.25, 0.3) is 0 Å². The molecule has 3 rings (SSSR count). The maximum absolute atomic E-state index is 12.9. The third-order valence-corrected chi connectivity index (χ3v) is 6.78. The number of piperidine rings is 1. The minimum atomic E-state index is 0.0243. The summed E-state index contributed by atoms with van der Waals surface area (Å²) in [6.07, 6.45) is 15.7. The quantitative estimate of drug-likeness (QED) is 0.607. The molecule has 0 aromatic heterocycles. The van der Waals surface area contributed by atoms with Crippen molar-refractivity contribution in [2.24, 2.45) is 16.8 Å². The average Bonchev–Trinajstić information content (AvgIpc) is 2.89. The van der Waals surface area contributed by atoms with Crippen molar-refractivity contribution in [3.63, 3.8) is 0 Å². The van der Waals surface area contributed by atoms with Crippen LogP contribution in [0.3, 0.4) is 0 Å². The van der Waals surface area contributed by atoms with Crippen LogP contribution in [0.5, 0.6) is 0 Å². The van der Waals surface area contributed by atoms with Gasteiger partial charge in [0.1, 0.15) is 0 Å². The minimum absolute atomic E-state index is 0.0243. The Kier molecular flexibility index (Phi) is 11.0. The lowest BCUT2D eigenvalue weighted by Crippen LogP contribution is -2.43. The molecule has 2 aliphatic rings. The molecule has 2 N–H and O–H groups in total. The second-order valence-electron chi connectivity index (χ2n) is 9.60. The summed E-state index contributed by atoms with van der Waals surface area (Å²) >= 11 is 0. The molecule has 2 aliphatic heterocycles. The molecule has 0 radical (unpaired) electrons. The second-order valence-corrected chi connectivity index (χ2v) is 9.60. The molecule has 1 atom stereocenters. The van der Waals surface area contributed by atoms with Gasteiger partial charge in [-0.15, -0.1) is 0 Å². The fourth-order valence-electron chi connectivity index (χ4n) is 4.57. The van der Waals surface area contributed by atoms with E-state index in [1.165, 1.54) is 24.8 Å². The molecule has 1 unspecified atom stereocenters. The lowest BCUT2D eigenvalue weighted by molar-refractivity contribution is -0.136. The van der Waals surface area contributed by atoms with Gasteiger partial charge in [-0.25, -0.2) is 0 Å². The van der Waals surface area contributed by atoms with Gasteiger partial charge < -0.3 is 15.5 Å². The van der Waals surface area contributed by atoms with Gasteiger partial charge in [0.2, 0.25) is 5.91 Å². The molecule has 5 heteroatoms. The molecule has 0 aliphatic carbocycles. The smallest absolute Gasteiger partial charge is 0.225 e. The van der Waals surface area contributed by atoms with E-state index in [-0.39, 0.29) is 11.8 Å². The summed E-state index contributed by atoms with van der Waals surface area (Å²) in [5, 5.41) is 6.92. The molecule has 0 spiro atoms. The van der Waals surface area contributed by atoms with E-state index in [1.54, 1.807) is 0 Å². The highest BCUT2D eigenvalue weighted by atomic mass is 16.2. The van der Waals surface area contributed by atoms with Crippen molar-refractivity contribution >= 4 is 12.1 Å². The van der Waals surface area contributed by atoms with E-state index < -0.39 is 0 Å². The standard InChI is InChI=1S/C29H42N4O/c1-24(22-26-10-6-5-7-11-26)29(34)33-20-14-27(15-21-33)23-32-25(2)28-12-18-30-16-8-3-4-9-17-31-19-13-28/h5-7,10-13,18-19,24,27,30,32H,2-4,8-9,14-17,20-23H2,1H3/b18-12+,28-13+,31-19?. The fraction of sp³-hybridized carbons (Fsp3) is 0.517. The van der Waals surface area contributed by atoms with E-state index in [2.05, 4.69) is 52.2 Å². The number of amides is 1. The Morgan fingerprint density at radius 1 is 1.18 bits per heavy atom. The summed E-state index contributed by atoms with van der Waals surface area (Å²) in [5.41, 5.74) is 3.21. The molecule has 2 heterocycles. The Labute approximate surface area is 206 Å². The van der Waals surface area contributed by atoms with Crippen LogP contribution in [0, 0.1) is 11.8 Å². The lowest BCUT2D eigenvalue weighted by atomic mass is 9.94.